The van der Waals surface area contributed by atoms with Gasteiger partial charge >= 0.3 is 0 Å². The van der Waals surface area contributed by atoms with Crippen LogP contribution in [0.25, 0.3) is 0 Å². The molecule has 2 rings (SSSR count). The second-order valence-corrected chi connectivity index (χ2v) is 9.32. The van der Waals surface area contributed by atoms with Gasteiger partial charge < -0.3 is 10.2 Å². The fraction of sp³-hybridized carbons (Fsp3) is 0.692. The van der Waals surface area contributed by atoms with Crippen LogP contribution in [0, 0.1) is 17.3 Å². The lowest BCUT2D eigenvalue weighted by atomic mass is 9.64. The molecular weight excluding hydrogens is 376 g/mol. The fourth-order valence-corrected chi connectivity index (χ4v) is 4.63. The molecule has 0 aliphatic heterocycles. The zero-order chi connectivity index (χ0) is 21.8. The first-order valence-corrected chi connectivity index (χ1v) is 11.8. The summed E-state index contributed by atoms with van der Waals surface area (Å²) in [6.45, 7) is 1.49. The minimum absolute atomic E-state index is 0.0000406. The van der Waals surface area contributed by atoms with Gasteiger partial charge in [-0.1, -0.05) is 49.6 Å². The summed E-state index contributed by atoms with van der Waals surface area (Å²) in [5.41, 5.74) is 0.447. The van der Waals surface area contributed by atoms with Crippen molar-refractivity contribution in [2.24, 2.45) is 17.3 Å². The van der Waals surface area contributed by atoms with Crippen LogP contribution in [0.2, 0.25) is 0 Å². The van der Waals surface area contributed by atoms with Crippen LogP contribution in [0.1, 0.15) is 84.0 Å². The van der Waals surface area contributed by atoms with Crippen molar-refractivity contribution in [3.05, 3.63) is 36.5 Å². The number of Topliss-reactive ketones (excluding diaryl/α,β-unsaturated/α-hetero) is 1. The Hall–Kier alpha value is -1.52. The van der Waals surface area contributed by atoms with Gasteiger partial charge in [-0.15, -0.1) is 0 Å². The van der Waals surface area contributed by atoms with Gasteiger partial charge in [-0.25, -0.2) is 0 Å². The monoisotopic (exact) mass is 416 g/mol. The number of allylic oxidation sites excluding steroid dienone is 6. The summed E-state index contributed by atoms with van der Waals surface area (Å²) in [7, 11) is 0. The van der Waals surface area contributed by atoms with Crippen LogP contribution in [-0.2, 0) is 9.59 Å². The van der Waals surface area contributed by atoms with E-state index in [9.17, 15) is 14.7 Å². The number of hydrogen-bond acceptors (Lipinski definition) is 4. The maximum Gasteiger partial charge on any atom is 0.159 e. The Labute approximate surface area is 182 Å². The molecular formula is C26H40O4. The summed E-state index contributed by atoms with van der Waals surface area (Å²) in [5, 5.41) is 18.2. The maximum atomic E-state index is 12.2. The number of hydrogen-bond donors (Lipinski definition) is 2. The van der Waals surface area contributed by atoms with Crippen LogP contribution in [0.4, 0.5) is 0 Å². The van der Waals surface area contributed by atoms with Gasteiger partial charge in [0.1, 0.15) is 6.61 Å². The minimum atomic E-state index is -0.372. The van der Waals surface area contributed by atoms with Gasteiger partial charge in [-0.3, -0.25) is 9.59 Å². The molecule has 0 amide bonds. The largest absolute Gasteiger partial charge is 0.393 e. The van der Waals surface area contributed by atoms with Crippen molar-refractivity contribution in [1.29, 1.82) is 0 Å². The molecule has 4 heteroatoms. The second kappa shape index (κ2) is 13.0. The molecule has 4 nitrogen and oxygen atoms in total. The number of unbranched alkanes of at least 4 members (excludes halogenated alkanes) is 2. The molecule has 0 spiro atoms. The van der Waals surface area contributed by atoms with E-state index < -0.39 is 0 Å². The van der Waals surface area contributed by atoms with Crippen molar-refractivity contribution in [3.8, 4) is 0 Å². The Kier molecular flexibility index (Phi) is 10.7. The summed E-state index contributed by atoms with van der Waals surface area (Å²) >= 11 is 0. The van der Waals surface area contributed by atoms with Gasteiger partial charge in [-0.2, -0.15) is 0 Å². The number of aliphatic hydroxyl groups excluding tert-OH is 2. The highest BCUT2D eigenvalue weighted by Crippen LogP contribution is 2.48. The maximum absolute atomic E-state index is 12.2. The van der Waals surface area contributed by atoms with E-state index in [1.807, 2.05) is 19.1 Å². The molecule has 3 atom stereocenters. The van der Waals surface area contributed by atoms with E-state index in [-0.39, 0.29) is 36.1 Å². The van der Waals surface area contributed by atoms with Crippen LogP contribution in [0.3, 0.4) is 0 Å². The number of ketones is 2. The summed E-state index contributed by atoms with van der Waals surface area (Å²) in [5.74, 6) is 0.280. The number of aliphatic hydroxyl groups is 2. The molecule has 2 aliphatic rings. The van der Waals surface area contributed by atoms with E-state index in [1.165, 1.54) is 32.1 Å². The van der Waals surface area contributed by atoms with Crippen LogP contribution < -0.4 is 0 Å². The molecule has 0 bridgehead atoms. The van der Waals surface area contributed by atoms with Crippen LogP contribution >= 0.6 is 0 Å². The van der Waals surface area contributed by atoms with E-state index in [4.69, 9.17) is 5.11 Å². The Balaban J connectivity index is 1.74. The van der Waals surface area contributed by atoms with Crippen LogP contribution in [-0.4, -0.2) is 34.5 Å². The Bertz CT molecular complexity index is 625. The van der Waals surface area contributed by atoms with Crippen molar-refractivity contribution >= 4 is 11.6 Å². The fourth-order valence-electron chi connectivity index (χ4n) is 4.63. The van der Waals surface area contributed by atoms with Crippen molar-refractivity contribution in [3.63, 3.8) is 0 Å². The van der Waals surface area contributed by atoms with Gasteiger partial charge in [-0.05, 0) is 69.8 Å². The predicted octanol–water partition coefficient (Wildman–Crippen LogP) is 5.09. The summed E-state index contributed by atoms with van der Waals surface area (Å²) in [4.78, 5) is 23.3. The standard InChI is InChI=1S/C26H40O4/c1-21(28)10-6-7-16-26(18-9-19-26)17-8-11-22-14-15-25(30)24(22)13-5-3-2-4-12-23(29)20-27/h3,5,8,11,14-15,21-22,24,27-28H,2,4,6-7,9-10,12-13,16-20H2,1H3/t21?,22-,24+/m0/s1. The van der Waals surface area contributed by atoms with E-state index in [0.29, 0.717) is 11.8 Å². The lowest BCUT2D eigenvalue weighted by Crippen LogP contribution is -2.28. The number of carbonyl (C=O) groups excluding carboxylic acids is 2. The van der Waals surface area contributed by atoms with Gasteiger partial charge in [0.25, 0.3) is 0 Å². The smallest absolute Gasteiger partial charge is 0.159 e. The highest BCUT2D eigenvalue weighted by molar-refractivity contribution is 5.95. The SMILES string of the molecule is CC(O)CCCCC1(CC=C[C@H]2C=CC(=O)[C@@H]2CC=CCCCC(=O)CO)CCC1. The zero-order valence-corrected chi connectivity index (χ0v) is 18.6. The average Bonchev–Trinajstić information content (AvgIpc) is 3.04. The van der Waals surface area contributed by atoms with Crippen LogP contribution in [0.15, 0.2) is 36.5 Å². The first-order chi connectivity index (χ1) is 14.5. The second-order valence-electron chi connectivity index (χ2n) is 9.32. The summed E-state index contributed by atoms with van der Waals surface area (Å²) < 4.78 is 0. The quantitative estimate of drug-likeness (QED) is 0.288. The molecule has 0 aromatic carbocycles. The molecule has 1 fully saturated rings. The van der Waals surface area contributed by atoms with Crippen LogP contribution in [0.5, 0.6) is 0 Å². The van der Waals surface area contributed by atoms with E-state index in [1.54, 1.807) is 6.08 Å². The number of rotatable bonds is 15. The third kappa shape index (κ3) is 8.31. The Morgan fingerprint density at radius 2 is 2.03 bits per heavy atom. The summed E-state index contributed by atoms with van der Waals surface area (Å²) in [6, 6.07) is 0. The molecule has 168 valence electrons. The lowest BCUT2D eigenvalue weighted by molar-refractivity contribution is -0.121. The van der Waals surface area contributed by atoms with Crippen molar-refractivity contribution in [2.75, 3.05) is 6.61 Å². The van der Waals surface area contributed by atoms with E-state index >= 15 is 0 Å². The van der Waals surface area contributed by atoms with Gasteiger partial charge in [0.2, 0.25) is 0 Å². The third-order valence-electron chi connectivity index (χ3n) is 6.77. The Morgan fingerprint density at radius 3 is 2.70 bits per heavy atom. The lowest BCUT2D eigenvalue weighted by Gasteiger charge is -2.42. The zero-order valence-electron chi connectivity index (χ0n) is 18.6. The molecule has 2 N–H and O–H groups in total. The van der Waals surface area contributed by atoms with Gasteiger partial charge in [0.05, 0.1) is 6.10 Å². The van der Waals surface area contributed by atoms with E-state index in [0.717, 1.165) is 38.5 Å². The molecule has 30 heavy (non-hydrogen) atoms. The predicted molar refractivity (Wildman–Crippen MR) is 121 cm³/mol. The molecule has 0 radical (unpaired) electrons. The minimum Gasteiger partial charge on any atom is -0.393 e. The molecule has 1 saturated carbocycles. The molecule has 0 heterocycles. The van der Waals surface area contributed by atoms with Crippen molar-refractivity contribution in [1.82, 2.24) is 0 Å². The average molecular weight is 417 g/mol. The van der Waals surface area contributed by atoms with Gasteiger partial charge in [0, 0.05) is 18.3 Å². The molecule has 1 unspecified atom stereocenters. The van der Waals surface area contributed by atoms with E-state index in [2.05, 4.69) is 18.2 Å². The topological polar surface area (TPSA) is 74.6 Å². The first kappa shape index (κ1) is 24.7. The molecule has 0 aromatic heterocycles. The van der Waals surface area contributed by atoms with Crippen molar-refractivity contribution in [2.45, 2.75) is 90.1 Å². The highest BCUT2D eigenvalue weighted by Gasteiger charge is 2.35. The summed E-state index contributed by atoms with van der Waals surface area (Å²) in [6.07, 6.45) is 24.4. The van der Waals surface area contributed by atoms with Gasteiger partial charge in [0.15, 0.2) is 11.6 Å². The normalized spacial score (nSPS) is 24.0. The first-order valence-electron chi connectivity index (χ1n) is 11.8. The Morgan fingerprint density at radius 1 is 1.23 bits per heavy atom. The number of carbonyl (C=O) groups is 2. The highest BCUT2D eigenvalue weighted by atomic mass is 16.3. The van der Waals surface area contributed by atoms with Crippen molar-refractivity contribution < 1.29 is 19.8 Å². The molecule has 2 aliphatic carbocycles. The molecule has 0 saturated heterocycles. The third-order valence-corrected chi connectivity index (χ3v) is 6.77. The molecule has 0 aromatic rings.